The summed E-state index contributed by atoms with van der Waals surface area (Å²) in [5.41, 5.74) is 4.51. The predicted octanol–water partition coefficient (Wildman–Crippen LogP) is 4.42. The molecule has 0 aromatic heterocycles. The first-order chi connectivity index (χ1) is 8.86. The van der Waals surface area contributed by atoms with Gasteiger partial charge in [0.15, 0.2) is 5.78 Å². The average molecular weight is 240 g/mol. The van der Waals surface area contributed by atoms with Crippen LogP contribution in [0, 0.1) is 0 Å². The van der Waals surface area contributed by atoms with Crippen LogP contribution < -0.4 is 0 Å². The Morgan fingerprint density at radius 1 is 0.722 bits per heavy atom. The number of hydrogen-bond donors (Lipinski definition) is 0. The molecule has 3 aliphatic rings. The molecule has 0 amide bonds. The Morgan fingerprint density at radius 3 is 1.61 bits per heavy atom. The van der Waals surface area contributed by atoms with E-state index in [0.717, 1.165) is 36.8 Å². The number of rotatable bonds is 2. The number of carbonyl (C=O) groups is 1. The molecule has 94 valence electrons. The SMILES string of the molecule is O=C1C(C2=CCCCC2)=CC=C1C1=CCCCC1. The monoisotopic (exact) mass is 240 g/mol. The Labute approximate surface area is 109 Å². The van der Waals surface area contributed by atoms with Crippen molar-refractivity contribution in [2.75, 3.05) is 0 Å². The number of Topliss-reactive ketones (excluding diaryl/α,β-unsaturated/α-hetero) is 1. The molecule has 0 bridgehead atoms. The molecule has 0 saturated carbocycles. The summed E-state index contributed by atoms with van der Waals surface area (Å²) in [6, 6.07) is 0. The van der Waals surface area contributed by atoms with Gasteiger partial charge in [0, 0.05) is 11.1 Å². The molecule has 0 fully saturated rings. The van der Waals surface area contributed by atoms with Gasteiger partial charge >= 0.3 is 0 Å². The first-order valence-corrected chi connectivity index (χ1v) is 7.22. The van der Waals surface area contributed by atoms with Crippen LogP contribution in [0.3, 0.4) is 0 Å². The molecule has 1 heteroatoms. The van der Waals surface area contributed by atoms with Gasteiger partial charge in [-0.25, -0.2) is 0 Å². The van der Waals surface area contributed by atoms with Crippen molar-refractivity contribution in [2.45, 2.75) is 51.4 Å². The van der Waals surface area contributed by atoms with E-state index in [2.05, 4.69) is 12.2 Å². The van der Waals surface area contributed by atoms with Crippen molar-refractivity contribution >= 4 is 5.78 Å². The van der Waals surface area contributed by atoms with Crippen LogP contribution in [0.4, 0.5) is 0 Å². The van der Waals surface area contributed by atoms with Crippen LogP contribution >= 0.6 is 0 Å². The van der Waals surface area contributed by atoms with Gasteiger partial charge in [-0.15, -0.1) is 0 Å². The Bertz CT molecular complexity index is 442. The van der Waals surface area contributed by atoms with Crippen molar-refractivity contribution in [3.8, 4) is 0 Å². The van der Waals surface area contributed by atoms with Gasteiger partial charge in [0.05, 0.1) is 0 Å². The summed E-state index contributed by atoms with van der Waals surface area (Å²) in [4.78, 5) is 12.5. The highest BCUT2D eigenvalue weighted by molar-refractivity contribution is 6.16. The lowest BCUT2D eigenvalue weighted by molar-refractivity contribution is -0.111. The van der Waals surface area contributed by atoms with Gasteiger partial charge in [-0.05, 0) is 62.5 Å². The fraction of sp³-hybridized carbons (Fsp3) is 0.471. The smallest absolute Gasteiger partial charge is 0.193 e. The van der Waals surface area contributed by atoms with E-state index < -0.39 is 0 Å². The maximum Gasteiger partial charge on any atom is 0.193 e. The van der Waals surface area contributed by atoms with E-state index in [1.54, 1.807) is 0 Å². The third kappa shape index (κ3) is 2.14. The molecule has 0 aliphatic heterocycles. The Balaban J connectivity index is 1.78. The highest BCUT2D eigenvalue weighted by Gasteiger charge is 2.25. The van der Waals surface area contributed by atoms with Crippen molar-refractivity contribution in [3.05, 3.63) is 46.6 Å². The van der Waals surface area contributed by atoms with Crippen molar-refractivity contribution in [1.82, 2.24) is 0 Å². The highest BCUT2D eigenvalue weighted by Crippen LogP contribution is 2.34. The minimum atomic E-state index is 0.274. The van der Waals surface area contributed by atoms with E-state index in [4.69, 9.17) is 0 Å². The maximum atomic E-state index is 12.5. The summed E-state index contributed by atoms with van der Waals surface area (Å²) in [5, 5.41) is 0. The zero-order valence-corrected chi connectivity index (χ0v) is 10.9. The molecule has 0 atom stereocenters. The van der Waals surface area contributed by atoms with Gasteiger partial charge in [0.25, 0.3) is 0 Å². The lowest BCUT2D eigenvalue weighted by Crippen LogP contribution is -2.09. The standard InChI is InChI=1S/C17H20O/c18-17-15(13-7-3-1-4-8-13)11-12-16(17)14-9-5-2-6-10-14/h7,9,11-12H,1-6,8,10H2. The molecule has 0 radical (unpaired) electrons. The summed E-state index contributed by atoms with van der Waals surface area (Å²) in [5.74, 6) is 0.274. The Kier molecular flexibility index (Phi) is 3.31. The molecular weight excluding hydrogens is 220 g/mol. The molecule has 0 N–H and O–H groups in total. The Morgan fingerprint density at radius 2 is 1.22 bits per heavy atom. The minimum absolute atomic E-state index is 0.274. The molecule has 0 aromatic carbocycles. The summed E-state index contributed by atoms with van der Waals surface area (Å²) in [7, 11) is 0. The molecule has 0 spiro atoms. The number of ketones is 1. The first-order valence-electron chi connectivity index (χ1n) is 7.22. The van der Waals surface area contributed by atoms with E-state index in [1.807, 2.05) is 12.2 Å². The summed E-state index contributed by atoms with van der Waals surface area (Å²) >= 11 is 0. The zero-order valence-electron chi connectivity index (χ0n) is 10.9. The van der Waals surface area contributed by atoms with Crippen LogP contribution in [0.1, 0.15) is 51.4 Å². The number of allylic oxidation sites excluding steroid dienone is 8. The second kappa shape index (κ2) is 5.09. The van der Waals surface area contributed by atoms with Crippen LogP contribution in [0.2, 0.25) is 0 Å². The van der Waals surface area contributed by atoms with Gasteiger partial charge in [0.1, 0.15) is 0 Å². The van der Waals surface area contributed by atoms with Gasteiger partial charge < -0.3 is 0 Å². The molecule has 1 nitrogen and oxygen atoms in total. The van der Waals surface area contributed by atoms with Crippen molar-refractivity contribution in [2.24, 2.45) is 0 Å². The third-order valence-electron chi connectivity index (χ3n) is 4.18. The largest absolute Gasteiger partial charge is 0.289 e. The fourth-order valence-electron chi connectivity index (χ4n) is 3.13. The molecule has 3 aliphatic carbocycles. The van der Waals surface area contributed by atoms with Crippen LogP contribution in [-0.2, 0) is 4.79 Å². The number of carbonyl (C=O) groups excluding carboxylic acids is 1. The average Bonchev–Trinajstić information content (AvgIpc) is 2.83. The van der Waals surface area contributed by atoms with Crippen LogP contribution in [0.15, 0.2) is 46.6 Å². The number of hydrogen-bond acceptors (Lipinski definition) is 1. The lowest BCUT2D eigenvalue weighted by atomic mass is 9.87. The summed E-state index contributed by atoms with van der Waals surface area (Å²) < 4.78 is 0. The highest BCUT2D eigenvalue weighted by atomic mass is 16.1. The molecule has 18 heavy (non-hydrogen) atoms. The second-order valence-electron chi connectivity index (χ2n) is 5.44. The molecule has 0 unspecified atom stereocenters. The normalized spacial score (nSPS) is 24.3. The topological polar surface area (TPSA) is 17.1 Å². The van der Waals surface area contributed by atoms with E-state index in [9.17, 15) is 4.79 Å². The summed E-state index contributed by atoms with van der Waals surface area (Å²) in [6.45, 7) is 0. The zero-order chi connectivity index (χ0) is 12.4. The van der Waals surface area contributed by atoms with Gasteiger partial charge in [-0.2, -0.15) is 0 Å². The molecule has 0 aromatic rings. The van der Waals surface area contributed by atoms with Gasteiger partial charge in [-0.3, -0.25) is 4.79 Å². The van der Waals surface area contributed by atoms with Crippen molar-refractivity contribution < 1.29 is 4.79 Å². The summed E-state index contributed by atoms with van der Waals surface area (Å²) in [6.07, 6.45) is 18.1. The van der Waals surface area contributed by atoms with Gasteiger partial charge in [0.2, 0.25) is 0 Å². The van der Waals surface area contributed by atoms with E-state index in [0.29, 0.717) is 0 Å². The molecule has 3 rings (SSSR count). The second-order valence-corrected chi connectivity index (χ2v) is 5.44. The Hall–Kier alpha value is -1.37. The maximum absolute atomic E-state index is 12.5. The quantitative estimate of drug-likeness (QED) is 0.698. The van der Waals surface area contributed by atoms with E-state index in [1.165, 1.54) is 36.8 Å². The van der Waals surface area contributed by atoms with Crippen LogP contribution in [-0.4, -0.2) is 5.78 Å². The van der Waals surface area contributed by atoms with Crippen LogP contribution in [0.5, 0.6) is 0 Å². The van der Waals surface area contributed by atoms with Crippen LogP contribution in [0.25, 0.3) is 0 Å². The predicted molar refractivity (Wildman–Crippen MR) is 74.3 cm³/mol. The van der Waals surface area contributed by atoms with Crippen molar-refractivity contribution in [3.63, 3.8) is 0 Å². The molecule has 0 saturated heterocycles. The lowest BCUT2D eigenvalue weighted by Gasteiger charge is -2.16. The van der Waals surface area contributed by atoms with Gasteiger partial charge in [-0.1, -0.05) is 24.3 Å². The van der Waals surface area contributed by atoms with E-state index in [-0.39, 0.29) is 5.78 Å². The van der Waals surface area contributed by atoms with E-state index >= 15 is 0 Å². The third-order valence-corrected chi connectivity index (χ3v) is 4.18. The minimum Gasteiger partial charge on any atom is -0.289 e. The fourth-order valence-corrected chi connectivity index (χ4v) is 3.13. The molecular formula is C17H20O. The van der Waals surface area contributed by atoms with Crippen molar-refractivity contribution in [1.29, 1.82) is 0 Å². The first kappa shape index (κ1) is 11.7. The molecule has 0 heterocycles.